The maximum absolute atomic E-state index is 14.8. The Labute approximate surface area is 238 Å². The smallest absolute Gasteiger partial charge is 0.338 e. The number of nitrogens with zero attached hydrogens (tertiary/aromatic N) is 2. The van der Waals surface area contributed by atoms with Crippen LogP contribution in [0.25, 0.3) is 10.2 Å². The van der Waals surface area contributed by atoms with Gasteiger partial charge in [0.2, 0.25) is 0 Å². The first-order valence-corrected chi connectivity index (χ1v) is 15.7. The summed E-state index contributed by atoms with van der Waals surface area (Å²) in [7, 11) is 1.29. The van der Waals surface area contributed by atoms with Crippen LogP contribution in [-0.2, 0) is 9.47 Å². The lowest BCUT2D eigenvalue weighted by Gasteiger charge is -2.39. The zero-order valence-corrected chi connectivity index (χ0v) is 23.9. The van der Waals surface area contributed by atoms with Crippen molar-refractivity contribution in [2.45, 2.75) is 95.2 Å². The van der Waals surface area contributed by atoms with Crippen LogP contribution in [0.2, 0.25) is 0 Å². The van der Waals surface area contributed by atoms with Crippen molar-refractivity contribution in [2.75, 3.05) is 18.6 Å². The van der Waals surface area contributed by atoms with Gasteiger partial charge in [0.15, 0.2) is 10.9 Å². The van der Waals surface area contributed by atoms with Crippen molar-refractivity contribution in [3.8, 4) is 0 Å². The summed E-state index contributed by atoms with van der Waals surface area (Å²) in [4.78, 5) is 18.9. The molecule has 2 saturated heterocycles. The molecule has 1 spiro atoms. The summed E-state index contributed by atoms with van der Waals surface area (Å²) in [6.45, 7) is 0.315. The zero-order valence-electron chi connectivity index (χ0n) is 23.1. The number of rotatable bonds is 8. The number of ether oxygens (including phenoxy) is 2. The minimum Gasteiger partial charge on any atom is -0.512 e. The molecule has 2 aliphatic heterocycles. The number of aromatic nitrogens is 1. The Morgan fingerprint density at radius 2 is 1.80 bits per heavy atom. The maximum Gasteiger partial charge on any atom is 0.338 e. The fourth-order valence-electron chi connectivity index (χ4n) is 7.43. The molecule has 3 saturated carbocycles. The summed E-state index contributed by atoms with van der Waals surface area (Å²) >= 11 is 1.42. The number of esters is 1. The summed E-state index contributed by atoms with van der Waals surface area (Å²) in [5.74, 6) is -0.218. The van der Waals surface area contributed by atoms with Crippen LogP contribution in [0.4, 0.5) is 9.52 Å². The van der Waals surface area contributed by atoms with Crippen molar-refractivity contribution in [1.29, 1.82) is 5.41 Å². The molecule has 214 valence electrons. The molecule has 1 aromatic carbocycles. The molecule has 9 heteroatoms. The van der Waals surface area contributed by atoms with Gasteiger partial charge in [0.1, 0.15) is 11.3 Å². The summed E-state index contributed by atoms with van der Waals surface area (Å²) in [6.07, 6.45) is 13.1. The second-order valence-corrected chi connectivity index (χ2v) is 13.8. The molecule has 0 amide bonds. The fourth-order valence-corrected chi connectivity index (χ4v) is 8.60. The summed E-state index contributed by atoms with van der Waals surface area (Å²) in [5, 5.41) is 20.9. The Bertz CT molecular complexity index is 1360. The molecule has 3 aliphatic carbocycles. The van der Waals surface area contributed by atoms with Crippen LogP contribution in [0, 0.1) is 28.5 Å². The van der Waals surface area contributed by atoms with Crippen LogP contribution in [0.5, 0.6) is 0 Å². The number of allylic oxidation sites excluding steroid dienone is 1. The molecule has 2 bridgehead atoms. The Morgan fingerprint density at radius 3 is 2.42 bits per heavy atom. The molecular formula is C31H38FN3O4S. The molecule has 2 N–H and O–H groups in total. The van der Waals surface area contributed by atoms with Gasteiger partial charge in [0.25, 0.3) is 0 Å². The maximum atomic E-state index is 14.8. The van der Waals surface area contributed by atoms with Crippen LogP contribution in [0.3, 0.4) is 0 Å². The Morgan fingerprint density at radius 1 is 1.10 bits per heavy atom. The second-order valence-electron chi connectivity index (χ2n) is 12.8. The number of anilines is 1. The monoisotopic (exact) mass is 567 g/mol. The Hall–Kier alpha value is -2.52. The Kier molecular flexibility index (Phi) is 6.65. The van der Waals surface area contributed by atoms with Gasteiger partial charge in [0, 0.05) is 35.2 Å². The van der Waals surface area contributed by atoms with E-state index < -0.39 is 11.8 Å². The van der Waals surface area contributed by atoms with E-state index in [1.54, 1.807) is 6.07 Å². The quantitative estimate of drug-likeness (QED) is 0.204. The summed E-state index contributed by atoms with van der Waals surface area (Å²) < 4.78 is 26.7. The first kappa shape index (κ1) is 26.4. The van der Waals surface area contributed by atoms with Gasteiger partial charge in [-0.1, -0.05) is 11.3 Å². The van der Waals surface area contributed by atoms with Crippen molar-refractivity contribution >= 4 is 38.4 Å². The highest BCUT2D eigenvalue weighted by atomic mass is 32.1. The van der Waals surface area contributed by atoms with E-state index in [4.69, 9.17) is 14.9 Å². The normalized spacial score (nSPS) is 28.1. The highest BCUT2D eigenvalue weighted by Gasteiger charge is 2.46. The van der Waals surface area contributed by atoms with Gasteiger partial charge in [-0.3, -0.25) is 0 Å². The SMILES string of the molecule is COC(=O)c1cc(F)c2nc(N3C4CC[C@H]3CC(OC/C(C(=N)C3CCC5(CC3)CC5)=C(/O)C3CC3)C4)sc2c1. The largest absolute Gasteiger partial charge is 0.512 e. The van der Waals surface area contributed by atoms with Gasteiger partial charge in [0.05, 0.1) is 30.1 Å². The molecule has 7 rings (SSSR count). The average Bonchev–Trinajstić information content (AvgIpc) is 3.88. The molecule has 7 nitrogen and oxygen atoms in total. The Balaban J connectivity index is 1.03. The van der Waals surface area contributed by atoms with Crippen molar-refractivity contribution in [1.82, 2.24) is 4.98 Å². The number of aliphatic hydroxyl groups is 1. The van der Waals surface area contributed by atoms with Gasteiger partial charge in [-0.05, 0) is 94.6 Å². The number of carbonyl (C=O) groups is 1. The molecule has 2 unspecified atom stereocenters. The first-order chi connectivity index (χ1) is 19.3. The van der Waals surface area contributed by atoms with Gasteiger partial charge < -0.3 is 24.9 Å². The van der Waals surface area contributed by atoms with Crippen LogP contribution in [0.15, 0.2) is 23.5 Å². The third kappa shape index (κ3) is 4.83. The molecule has 1 aromatic heterocycles. The predicted molar refractivity (Wildman–Crippen MR) is 153 cm³/mol. The molecule has 5 aliphatic rings. The first-order valence-electron chi connectivity index (χ1n) is 14.9. The van der Waals surface area contributed by atoms with Crippen molar-refractivity contribution in [3.63, 3.8) is 0 Å². The number of benzene rings is 1. The lowest BCUT2D eigenvalue weighted by molar-refractivity contribution is 0.0407. The van der Waals surface area contributed by atoms with Gasteiger partial charge in [-0.25, -0.2) is 14.2 Å². The number of carbonyl (C=O) groups excluding carboxylic acids is 1. The van der Waals surface area contributed by atoms with Gasteiger partial charge in [-0.15, -0.1) is 0 Å². The molecule has 40 heavy (non-hydrogen) atoms. The van der Waals surface area contributed by atoms with E-state index in [1.165, 1.54) is 50.2 Å². The number of fused-ring (bicyclic) bond motifs is 3. The second kappa shape index (κ2) is 10.1. The van der Waals surface area contributed by atoms with E-state index in [9.17, 15) is 14.3 Å². The van der Waals surface area contributed by atoms with Gasteiger partial charge >= 0.3 is 5.97 Å². The molecule has 5 fully saturated rings. The van der Waals surface area contributed by atoms with Crippen LogP contribution < -0.4 is 4.90 Å². The summed E-state index contributed by atoms with van der Waals surface area (Å²) in [6, 6.07) is 3.37. The molecular weight excluding hydrogens is 529 g/mol. The van der Waals surface area contributed by atoms with Crippen LogP contribution in [-0.4, -0.2) is 53.7 Å². The van der Waals surface area contributed by atoms with Crippen LogP contribution >= 0.6 is 11.3 Å². The zero-order chi connectivity index (χ0) is 27.6. The predicted octanol–water partition coefficient (Wildman–Crippen LogP) is 6.95. The molecule has 2 aromatic rings. The molecule has 3 atom stereocenters. The number of thiazole rings is 1. The van der Waals surface area contributed by atoms with Crippen LogP contribution in [0.1, 0.15) is 87.4 Å². The number of halogens is 1. The van der Waals surface area contributed by atoms with E-state index in [1.807, 2.05) is 0 Å². The molecule has 3 heterocycles. The van der Waals surface area contributed by atoms with Crippen molar-refractivity contribution < 1.29 is 23.8 Å². The highest BCUT2D eigenvalue weighted by Crippen LogP contribution is 2.57. The van der Waals surface area contributed by atoms with E-state index in [2.05, 4.69) is 9.88 Å². The van der Waals surface area contributed by atoms with Gasteiger partial charge in [-0.2, -0.15) is 0 Å². The average molecular weight is 568 g/mol. The van der Waals surface area contributed by atoms with E-state index >= 15 is 0 Å². The number of piperidine rings is 1. The van der Waals surface area contributed by atoms with E-state index in [0.29, 0.717) is 33.7 Å². The number of aliphatic hydroxyl groups excluding tert-OH is 1. The van der Waals surface area contributed by atoms with Crippen molar-refractivity contribution in [3.05, 3.63) is 34.8 Å². The number of hydrogen-bond donors (Lipinski definition) is 2. The highest BCUT2D eigenvalue weighted by molar-refractivity contribution is 7.22. The lowest BCUT2D eigenvalue weighted by Crippen LogP contribution is -2.45. The lowest BCUT2D eigenvalue weighted by atomic mass is 9.76. The topological polar surface area (TPSA) is 95.7 Å². The standard InChI is InChI=1S/C31H38FN3O4S/c1-38-29(37)19-12-24(32)27-25(13-19)40-30(34-27)35-20-4-5-21(35)15-22(14-20)39-16-23(28(36)18-2-3-18)26(33)17-6-8-31(9-7-17)10-11-31/h12-13,17-18,20-22,33,36H,2-11,14-16H2,1H3/b28-23-,33-26?/t20-,21?,22?/m0/s1. The van der Waals surface area contributed by atoms with E-state index in [0.717, 1.165) is 62.1 Å². The molecule has 0 radical (unpaired) electrons. The third-order valence-corrected chi connectivity index (χ3v) is 11.3. The fraction of sp³-hybridized carbons (Fsp3) is 0.645. The number of nitrogens with one attached hydrogen (secondary N) is 1. The summed E-state index contributed by atoms with van der Waals surface area (Å²) in [5.41, 5.74) is 2.44. The minimum atomic E-state index is -0.557. The number of hydrogen-bond acceptors (Lipinski definition) is 8. The van der Waals surface area contributed by atoms with Crippen molar-refractivity contribution in [2.24, 2.45) is 17.3 Å². The third-order valence-electron chi connectivity index (χ3n) is 10.2. The minimum absolute atomic E-state index is 0.0571. The number of methoxy groups -OCH3 is 1. The van der Waals surface area contributed by atoms with E-state index in [-0.39, 0.29) is 35.6 Å².